The SMILES string of the molecule is COC(=O)c1ccc(CCn2c3ccccc3c3ccccc32)cc1. The molecule has 0 fully saturated rings. The van der Waals surface area contributed by atoms with E-state index in [9.17, 15) is 4.79 Å². The van der Waals surface area contributed by atoms with Crippen molar-refractivity contribution in [2.75, 3.05) is 7.11 Å². The van der Waals surface area contributed by atoms with E-state index in [-0.39, 0.29) is 5.97 Å². The van der Waals surface area contributed by atoms with Crippen molar-refractivity contribution < 1.29 is 9.53 Å². The number of para-hydroxylation sites is 2. The molecule has 0 spiro atoms. The lowest BCUT2D eigenvalue weighted by atomic mass is 10.1. The molecule has 0 aliphatic carbocycles. The molecule has 0 atom stereocenters. The zero-order chi connectivity index (χ0) is 17.2. The largest absolute Gasteiger partial charge is 0.465 e. The molecule has 4 rings (SSSR count). The highest BCUT2D eigenvalue weighted by molar-refractivity contribution is 6.07. The van der Waals surface area contributed by atoms with Crippen LogP contribution >= 0.6 is 0 Å². The molecule has 4 aromatic rings. The third-order valence-corrected chi connectivity index (χ3v) is 4.68. The van der Waals surface area contributed by atoms with Crippen molar-refractivity contribution in [2.24, 2.45) is 0 Å². The summed E-state index contributed by atoms with van der Waals surface area (Å²) in [7, 11) is 1.40. The zero-order valence-electron chi connectivity index (χ0n) is 14.1. The Hall–Kier alpha value is -3.07. The van der Waals surface area contributed by atoms with Crippen molar-refractivity contribution in [3.05, 3.63) is 83.9 Å². The topological polar surface area (TPSA) is 31.2 Å². The molecule has 3 heteroatoms. The zero-order valence-corrected chi connectivity index (χ0v) is 14.1. The van der Waals surface area contributed by atoms with Gasteiger partial charge in [0.25, 0.3) is 0 Å². The summed E-state index contributed by atoms with van der Waals surface area (Å²) in [6, 6.07) is 24.7. The van der Waals surface area contributed by atoms with Gasteiger partial charge in [0.2, 0.25) is 0 Å². The van der Waals surface area contributed by atoms with Crippen LogP contribution in [0.5, 0.6) is 0 Å². The number of ether oxygens (including phenoxy) is 1. The Morgan fingerprint density at radius 1 is 0.840 bits per heavy atom. The van der Waals surface area contributed by atoms with Crippen molar-refractivity contribution in [3.8, 4) is 0 Å². The molecule has 0 saturated carbocycles. The Kier molecular flexibility index (Phi) is 3.98. The lowest BCUT2D eigenvalue weighted by molar-refractivity contribution is 0.0600. The summed E-state index contributed by atoms with van der Waals surface area (Å²) < 4.78 is 7.12. The van der Waals surface area contributed by atoms with Crippen molar-refractivity contribution >= 4 is 27.8 Å². The van der Waals surface area contributed by atoms with E-state index in [0.29, 0.717) is 5.56 Å². The van der Waals surface area contributed by atoms with Crippen LogP contribution in [-0.4, -0.2) is 17.6 Å². The summed E-state index contributed by atoms with van der Waals surface area (Å²) in [4.78, 5) is 11.5. The van der Waals surface area contributed by atoms with Gasteiger partial charge in [0.1, 0.15) is 0 Å². The first-order valence-corrected chi connectivity index (χ1v) is 8.41. The highest BCUT2D eigenvalue weighted by Gasteiger charge is 2.10. The molecule has 0 bridgehead atoms. The monoisotopic (exact) mass is 329 g/mol. The number of nitrogens with zero attached hydrogens (tertiary/aromatic N) is 1. The Morgan fingerprint density at radius 3 is 1.96 bits per heavy atom. The number of aryl methyl sites for hydroxylation is 2. The van der Waals surface area contributed by atoms with Crippen LogP contribution in [0.1, 0.15) is 15.9 Å². The minimum Gasteiger partial charge on any atom is -0.465 e. The third-order valence-electron chi connectivity index (χ3n) is 4.68. The van der Waals surface area contributed by atoms with Crippen LogP contribution in [0.15, 0.2) is 72.8 Å². The fourth-order valence-electron chi connectivity index (χ4n) is 3.41. The normalized spacial score (nSPS) is 11.1. The number of aromatic nitrogens is 1. The smallest absolute Gasteiger partial charge is 0.337 e. The molecule has 0 N–H and O–H groups in total. The molecule has 0 aliphatic rings. The molecule has 3 aromatic carbocycles. The number of hydrogen-bond acceptors (Lipinski definition) is 2. The van der Waals surface area contributed by atoms with E-state index in [1.165, 1.54) is 34.5 Å². The highest BCUT2D eigenvalue weighted by atomic mass is 16.5. The second-order valence-electron chi connectivity index (χ2n) is 6.12. The maximum absolute atomic E-state index is 11.5. The molecule has 0 aliphatic heterocycles. The van der Waals surface area contributed by atoms with Crippen LogP contribution in [0.2, 0.25) is 0 Å². The Labute approximate surface area is 146 Å². The van der Waals surface area contributed by atoms with Gasteiger partial charge >= 0.3 is 5.97 Å². The van der Waals surface area contributed by atoms with E-state index >= 15 is 0 Å². The average Bonchev–Trinajstić information content (AvgIpc) is 3.00. The van der Waals surface area contributed by atoms with E-state index in [1.807, 2.05) is 24.3 Å². The molecule has 124 valence electrons. The summed E-state index contributed by atoms with van der Waals surface area (Å²) in [5.41, 5.74) is 4.31. The molecule has 1 heterocycles. The van der Waals surface area contributed by atoms with E-state index in [1.54, 1.807) is 0 Å². The van der Waals surface area contributed by atoms with Crippen LogP contribution < -0.4 is 0 Å². The van der Waals surface area contributed by atoms with Gasteiger partial charge in [-0.25, -0.2) is 4.79 Å². The first-order valence-electron chi connectivity index (χ1n) is 8.41. The second kappa shape index (κ2) is 6.44. The Balaban J connectivity index is 1.65. The van der Waals surface area contributed by atoms with Gasteiger partial charge in [-0.2, -0.15) is 0 Å². The molecular formula is C22H19NO2. The quantitative estimate of drug-likeness (QED) is 0.502. The predicted octanol–water partition coefficient (Wildman–Crippen LogP) is 4.82. The molecule has 3 nitrogen and oxygen atoms in total. The Morgan fingerprint density at radius 2 is 1.40 bits per heavy atom. The Bertz CT molecular complexity index is 991. The van der Waals surface area contributed by atoms with Gasteiger partial charge in [-0.15, -0.1) is 0 Å². The van der Waals surface area contributed by atoms with E-state index in [4.69, 9.17) is 4.74 Å². The number of esters is 1. The van der Waals surface area contributed by atoms with E-state index < -0.39 is 0 Å². The number of rotatable bonds is 4. The lowest BCUT2D eigenvalue weighted by Crippen LogP contribution is -2.03. The predicted molar refractivity (Wildman–Crippen MR) is 101 cm³/mol. The van der Waals surface area contributed by atoms with Crippen molar-refractivity contribution in [2.45, 2.75) is 13.0 Å². The average molecular weight is 329 g/mol. The van der Waals surface area contributed by atoms with Gasteiger partial charge in [0.15, 0.2) is 0 Å². The molecule has 0 unspecified atom stereocenters. The molecule has 0 saturated heterocycles. The molecule has 0 radical (unpaired) electrons. The maximum Gasteiger partial charge on any atom is 0.337 e. The van der Waals surface area contributed by atoms with Crippen molar-refractivity contribution in [3.63, 3.8) is 0 Å². The molecular weight excluding hydrogens is 310 g/mol. The van der Waals surface area contributed by atoms with Gasteiger partial charge in [-0.05, 0) is 36.2 Å². The summed E-state index contributed by atoms with van der Waals surface area (Å²) in [5, 5.41) is 2.58. The second-order valence-corrected chi connectivity index (χ2v) is 6.12. The number of methoxy groups -OCH3 is 1. The number of benzene rings is 3. The minimum atomic E-state index is -0.297. The molecule has 1 aromatic heterocycles. The summed E-state index contributed by atoms with van der Waals surface area (Å²) in [6.07, 6.45) is 0.907. The van der Waals surface area contributed by atoms with Gasteiger partial charge in [0.05, 0.1) is 12.7 Å². The molecule has 0 amide bonds. The van der Waals surface area contributed by atoms with Crippen LogP contribution in [0.3, 0.4) is 0 Å². The van der Waals surface area contributed by atoms with E-state index in [2.05, 4.69) is 53.1 Å². The van der Waals surface area contributed by atoms with Crippen LogP contribution in [0.4, 0.5) is 0 Å². The lowest BCUT2D eigenvalue weighted by Gasteiger charge is -2.08. The van der Waals surface area contributed by atoms with E-state index in [0.717, 1.165) is 13.0 Å². The first kappa shape index (κ1) is 15.5. The summed E-state index contributed by atoms with van der Waals surface area (Å²) in [5.74, 6) is -0.297. The number of hydrogen-bond donors (Lipinski definition) is 0. The van der Waals surface area contributed by atoms with Gasteiger partial charge in [-0.1, -0.05) is 48.5 Å². The first-order chi connectivity index (χ1) is 12.3. The number of carbonyl (C=O) groups is 1. The standard InChI is InChI=1S/C22H19NO2/c1-25-22(24)17-12-10-16(11-13-17)14-15-23-20-8-4-2-6-18(20)19-7-3-5-9-21(19)23/h2-13H,14-15H2,1H3. The van der Waals surface area contributed by atoms with Gasteiger partial charge in [-0.3, -0.25) is 0 Å². The number of carbonyl (C=O) groups excluding carboxylic acids is 1. The summed E-state index contributed by atoms with van der Waals surface area (Å²) in [6.45, 7) is 0.894. The van der Waals surface area contributed by atoms with Crippen LogP contribution in [0, 0.1) is 0 Å². The fraction of sp³-hybridized carbons (Fsp3) is 0.136. The summed E-state index contributed by atoms with van der Waals surface area (Å²) >= 11 is 0. The maximum atomic E-state index is 11.5. The number of fused-ring (bicyclic) bond motifs is 3. The van der Waals surface area contributed by atoms with Crippen LogP contribution in [-0.2, 0) is 17.7 Å². The fourth-order valence-corrected chi connectivity index (χ4v) is 3.41. The molecule has 25 heavy (non-hydrogen) atoms. The third kappa shape index (κ3) is 2.78. The van der Waals surface area contributed by atoms with Gasteiger partial charge < -0.3 is 9.30 Å². The van der Waals surface area contributed by atoms with Gasteiger partial charge in [0, 0.05) is 28.4 Å². The highest BCUT2D eigenvalue weighted by Crippen LogP contribution is 2.28. The van der Waals surface area contributed by atoms with Crippen molar-refractivity contribution in [1.29, 1.82) is 0 Å². The van der Waals surface area contributed by atoms with Crippen molar-refractivity contribution in [1.82, 2.24) is 4.57 Å². The van der Waals surface area contributed by atoms with Crippen LogP contribution in [0.25, 0.3) is 21.8 Å². The minimum absolute atomic E-state index is 0.297.